The van der Waals surface area contributed by atoms with Crippen molar-refractivity contribution in [3.8, 4) is 0 Å². The van der Waals surface area contributed by atoms with Gasteiger partial charge in [0.05, 0.1) is 13.1 Å². The second-order valence-electron chi connectivity index (χ2n) is 9.06. The van der Waals surface area contributed by atoms with Gasteiger partial charge in [-0.15, -0.1) is 0 Å². The van der Waals surface area contributed by atoms with Gasteiger partial charge < -0.3 is 8.97 Å². The molecule has 8 nitrogen and oxygen atoms in total. The molecule has 0 spiro atoms. The van der Waals surface area contributed by atoms with E-state index in [9.17, 15) is 19.2 Å². The van der Waals surface area contributed by atoms with Gasteiger partial charge in [-0.3, -0.25) is 29.0 Å². The molecule has 0 saturated carbocycles. The Balaban J connectivity index is 1.21. The number of likely N-dealkylation sites (tertiary alicyclic amines) is 2. The molecule has 5 saturated heterocycles. The van der Waals surface area contributed by atoms with Crippen molar-refractivity contribution >= 4 is 23.6 Å². The predicted molar refractivity (Wildman–Crippen MR) is 101 cm³/mol. The Bertz CT molecular complexity index is 577. The molecule has 154 valence electrons. The molecule has 0 unspecified atom stereocenters. The van der Waals surface area contributed by atoms with Crippen molar-refractivity contribution in [1.82, 2.24) is 9.80 Å². The molecule has 5 aliphatic rings. The SMILES string of the molecule is O=C1CCC(=O)N1CCC[N+]12CC[N+](CCCN3C(=O)CCC3=O)(CC1)CC2. The number of rotatable bonds is 8. The molecular weight excluding hydrogens is 360 g/mol. The lowest BCUT2D eigenvalue weighted by atomic mass is 10.1. The number of carbonyl (C=O) groups is 4. The molecule has 2 bridgehead atoms. The molecule has 8 heteroatoms. The number of nitrogens with zero attached hydrogens (tertiary/aromatic N) is 4. The molecule has 0 atom stereocenters. The van der Waals surface area contributed by atoms with Gasteiger partial charge >= 0.3 is 0 Å². The Morgan fingerprint density at radius 1 is 0.536 bits per heavy atom. The number of hydrogen-bond acceptors (Lipinski definition) is 4. The fourth-order valence-corrected chi connectivity index (χ4v) is 5.49. The lowest BCUT2D eigenvalue weighted by molar-refractivity contribution is -1.08. The highest BCUT2D eigenvalue weighted by Crippen LogP contribution is 2.28. The quantitative estimate of drug-likeness (QED) is 0.421. The summed E-state index contributed by atoms with van der Waals surface area (Å²) in [6.45, 7) is 10.2. The number of carbonyl (C=O) groups excluding carboxylic acids is 4. The summed E-state index contributed by atoms with van der Waals surface area (Å²) in [4.78, 5) is 49.9. The number of imide groups is 2. The zero-order chi connectivity index (χ0) is 19.8. The topological polar surface area (TPSA) is 74.8 Å². The Kier molecular flexibility index (Phi) is 5.26. The van der Waals surface area contributed by atoms with Crippen LogP contribution < -0.4 is 0 Å². The minimum atomic E-state index is -0.00654. The van der Waals surface area contributed by atoms with Gasteiger partial charge in [0.15, 0.2) is 0 Å². The maximum Gasteiger partial charge on any atom is 0.229 e. The predicted octanol–water partition coefficient (Wildman–Crippen LogP) is -0.275. The maximum absolute atomic E-state index is 11.8. The molecule has 0 aliphatic carbocycles. The first-order valence-corrected chi connectivity index (χ1v) is 10.8. The number of quaternary nitrogens is 2. The van der Waals surface area contributed by atoms with Gasteiger partial charge in [0.2, 0.25) is 23.6 Å². The van der Waals surface area contributed by atoms with E-state index in [2.05, 4.69) is 0 Å². The Morgan fingerprint density at radius 2 is 0.821 bits per heavy atom. The third-order valence-corrected chi connectivity index (χ3v) is 7.48. The van der Waals surface area contributed by atoms with E-state index < -0.39 is 0 Å². The molecule has 0 radical (unpaired) electrons. The lowest BCUT2D eigenvalue weighted by Gasteiger charge is -2.55. The standard InChI is InChI=1S/C20H32N4O4/c25-17-3-4-18(26)21(17)7-1-9-23-11-14-24(15-12-23,16-13-23)10-2-8-22-19(27)5-6-20(22)28/h1-16H2/q+2. The summed E-state index contributed by atoms with van der Waals surface area (Å²) in [6, 6.07) is 0. The average Bonchev–Trinajstić information content (AvgIpc) is 3.19. The molecular formula is C20H32N4O4+2. The summed E-state index contributed by atoms with van der Waals surface area (Å²) in [5.74, 6) is -0.0262. The Hall–Kier alpha value is -1.80. The smallest absolute Gasteiger partial charge is 0.229 e. The van der Waals surface area contributed by atoms with Crippen LogP contribution in [0.25, 0.3) is 0 Å². The highest BCUT2D eigenvalue weighted by molar-refractivity contribution is 6.02. The van der Waals surface area contributed by atoms with Gasteiger partial charge in [-0.05, 0) is 0 Å². The molecule has 5 rings (SSSR count). The van der Waals surface area contributed by atoms with Crippen molar-refractivity contribution in [2.75, 3.05) is 65.4 Å². The Labute approximate surface area is 166 Å². The van der Waals surface area contributed by atoms with Crippen LogP contribution in [-0.2, 0) is 19.2 Å². The third kappa shape index (κ3) is 3.72. The van der Waals surface area contributed by atoms with Crippen LogP contribution >= 0.6 is 0 Å². The van der Waals surface area contributed by atoms with Crippen LogP contribution in [0.5, 0.6) is 0 Å². The number of piperazine rings is 3. The van der Waals surface area contributed by atoms with Crippen LogP contribution in [0.15, 0.2) is 0 Å². The summed E-state index contributed by atoms with van der Waals surface area (Å²) in [5, 5.41) is 0. The van der Waals surface area contributed by atoms with Gasteiger partial charge in [-0.1, -0.05) is 0 Å². The van der Waals surface area contributed by atoms with E-state index >= 15 is 0 Å². The summed E-state index contributed by atoms with van der Waals surface area (Å²) >= 11 is 0. The van der Waals surface area contributed by atoms with Gasteiger partial charge in [-0.2, -0.15) is 0 Å². The monoisotopic (exact) mass is 392 g/mol. The molecule has 5 aliphatic heterocycles. The highest BCUT2D eigenvalue weighted by atomic mass is 16.2. The minimum absolute atomic E-state index is 0.00654. The lowest BCUT2D eigenvalue weighted by Crippen LogP contribution is -2.75. The van der Waals surface area contributed by atoms with E-state index in [1.165, 1.54) is 9.80 Å². The molecule has 0 aromatic rings. The molecule has 0 aromatic heterocycles. The van der Waals surface area contributed by atoms with Crippen LogP contribution in [0.4, 0.5) is 0 Å². The normalized spacial score (nSPS) is 32.9. The van der Waals surface area contributed by atoms with Crippen LogP contribution in [0.1, 0.15) is 38.5 Å². The largest absolute Gasteiger partial charge is 0.310 e. The fraction of sp³-hybridized carbons (Fsp3) is 0.800. The summed E-state index contributed by atoms with van der Waals surface area (Å²) < 4.78 is 2.25. The summed E-state index contributed by atoms with van der Waals surface area (Å²) in [7, 11) is 0. The Morgan fingerprint density at radius 3 is 1.11 bits per heavy atom. The summed E-state index contributed by atoms with van der Waals surface area (Å²) in [6.07, 6.45) is 3.33. The average molecular weight is 393 g/mol. The van der Waals surface area contributed by atoms with Crippen molar-refractivity contribution in [3.05, 3.63) is 0 Å². The summed E-state index contributed by atoms with van der Waals surface area (Å²) in [5.41, 5.74) is 0. The van der Waals surface area contributed by atoms with Gasteiger partial charge in [-0.25, -0.2) is 0 Å². The second-order valence-corrected chi connectivity index (χ2v) is 9.06. The van der Waals surface area contributed by atoms with E-state index in [1.807, 2.05) is 0 Å². The van der Waals surface area contributed by atoms with Gasteiger partial charge in [0, 0.05) is 51.6 Å². The van der Waals surface area contributed by atoms with Crippen molar-refractivity contribution in [2.45, 2.75) is 38.5 Å². The first kappa shape index (κ1) is 19.5. The number of amides is 4. The third-order valence-electron chi connectivity index (χ3n) is 7.48. The van der Waals surface area contributed by atoms with Crippen molar-refractivity contribution < 1.29 is 28.1 Å². The van der Waals surface area contributed by atoms with Crippen LogP contribution in [0, 0.1) is 0 Å². The number of hydrogen-bond donors (Lipinski definition) is 0. The van der Waals surface area contributed by atoms with Crippen molar-refractivity contribution in [2.24, 2.45) is 0 Å². The molecule has 4 amide bonds. The van der Waals surface area contributed by atoms with Gasteiger partial charge in [0.25, 0.3) is 0 Å². The van der Waals surface area contributed by atoms with E-state index in [-0.39, 0.29) is 23.6 Å². The molecule has 5 heterocycles. The maximum atomic E-state index is 11.8. The van der Waals surface area contributed by atoms with E-state index in [0.29, 0.717) is 38.8 Å². The van der Waals surface area contributed by atoms with Gasteiger partial charge in [0.1, 0.15) is 39.3 Å². The number of fused-ring (bicyclic) bond motifs is 3. The zero-order valence-corrected chi connectivity index (χ0v) is 16.7. The molecule has 28 heavy (non-hydrogen) atoms. The molecule has 0 aromatic carbocycles. The van der Waals surface area contributed by atoms with Crippen molar-refractivity contribution in [1.29, 1.82) is 0 Å². The first-order valence-electron chi connectivity index (χ1n) is 10.8. The zero-order valence-electron chi connectivity index (χ0n) is 16.7. The highest BCUT2D eigenvalue weighted by Gasteiger charge is 2.48. The fourth-order valence-electron chi connectivity index (χ4n) is 5.49. The first-order chi connectivity index (χ1) is 13.4. The van der Waals surface area contributed by atoms with Crippen molar-refractivity contribution in [3.63, 3.8) is 0 Å². The van der Waals surface area contributed by atoms with Crippen LogP contribution in [0.3, 0.4) is 0 Å². The van der Waals surface area contributed by atoms with E-state index in [0.717, 1.165) is 74.2 Å². The van der Waals surface area contributed by atoms with E-state index in [1.54, 1.807) is 0 Å². The minimum Gasteiger partial charge on any atom is -0.310 e. The molecule has 5 fully saturated rings. The van der Waals surface area contributed by atoms with Crippen LogP contribution in [0.2, 0.25) is 0 Å². The molecule has 0 N–H and O–H groups in total. The second kappa shape index (κ2) is 7.55. The van der Waals surface area contributed by atoms with Crippen LogP contribution in [-0.4, -0.2) is 108 Å². The van der Waals surface area contributed by atoms with E-state index in [4.69, 9.17) is 0 Å².